The van der Waals surface area contributed by atoms with E-state index in [4.69, 9.17) is 28.4 Å². The molecule has 0 aromatic rings. The highest BCUT2D eigenvalue weighted by molar-refractivity contribution is 4.80. The summed E-state index contributed by atoms with van der Waals surface area (Å²) in [6.07, 6.45) is 1.83. The summed E-state index contributed by atoms with van der Waals surface area (Å²) >= 11 is 0. The van der Waals surface area contributed by atoms with E-state index in [2.05, 4.69) is 6.92 Å². The topological polar surface area (TPSA) is 65.3 Å². The molecule has 0 radical (unpaired) electrons. The molecule has 3 fully saturated rings. The highest BCUT2D eigenvalue weighted by Gasteiger charge is 2.34. The van der Waals surface area contributed by atoms with Crippen molar-refractivity contribution in [2.24, 2.45) is 5.41 Å². The molecule has 3 aliphatic rings. The van der Waals surface area contributed by atoms with E-state index >= 15 is 0 Å². The third-order valence-electron chi connectivity index (χ3n) is 4.09. The molecular formula is C15H26O6. The lowest BCUT2D eigenvalue weighted by molar-refractivity contribution is -0.0762. The highest BCUT2D eigenvalue weighted by atomic mass is 16.6. The third kappa shape index (κ3) is 5.81. The predicted molar refractivity (Wildman–Crippen MR) is 74.4 cm³/mol. The van der Waals surface area contributed by atoms with E-state index in [-0.39, 0.29) is 5.41 Å². The van der Waals surface area contributed by atoms with Crippen LogP contribution in [-0.2, 0) is 28.4 Å². The van der Waals surface area contributed by atoms with E-state index in [0.29, 0.717) is 58.0 Å². The van der Waals surface area contributed by atoms with Gasteiger partial charge in [-0.15, -0.1) is 0 Å². The van der Waals surface area contributed by atoms with Gasteiger partial charge in [-0.3, -0.25) is 0 Å². The first kappa shape index (κ1) is 15.6. The fourth-order valence-electron chi connectivity index (χ4n) is 2.14. The monoisotopic (exact) mass is 302 g/mol. The molecule has 6 nitrogen and oxygen atoms in total. The molecule has 122 valence electrons. The van der Waals surface area contributed by atoms with Gasteiger partial charge in [0.25, 0.3) is 0 Å². The van der Waals surface area contributed by atoms with E-state index in [1.165, 1.54) is 0 Å². The molecule has 0 saturated carbocycles. The minimum Gasteiger partial charge on any atom is -0.378 e. The van der Waals surface area contributed by atoms with Crippen LogP contribution in [-0.4, -0.2) is 77.8 Å². The first-order chi connectivity index (χ1) is 10.3. The van der Waals surface area contributed by atoms with Crippen LogP contribution in [0.5, 0.6) is 0 Å². The van der Waals surface area contributed by atoms with Gasteiger partial charge in [0.2, 0.25) is 0 Å². The fraction of sp³-hybridized carbons (Fsp3) is 1.00. The molecular weight excluding hydrogens is 276 g/mol. The predicted octanol–water partition coefficient (Wildman–Crippen LogP) is 0.629. The van der Waals surface area contributed by atoms with Crippen molar-refractivity contribution in [3.8, 4) is 0 Å². The molecule has 3 rings (SSSR count). The van der Waals surface area contributed by atoms with Gasteiger partial charge in [0.1, 0.15) is 18.3 Å². The Morgan fingerprint density at radius 1 is 0.762 bits per heavy atom. The first-order valence-corrected chi connectivity index (χ1v) is 7.88. The fourth-order valence-corrected chi connectivity index (χ4v) is 2.14. The molecule has 0 spiro atoms. The molecule has 0 aromatic heterocycles. The summed E-state index contributed by atoms with van der Waals surface area (Å²) in [6, 6.07) is 0. The summed E-state index contributed by atoms with van der Waals surface area (Å²) in [5, 5.41) is 0. The Balaban J connectivity index is 1.41. The smallest absolute Gasteiger partial charge is 0.104 e. The standard InChI is InChI=1S/C15H26O6/c1-2-15(9-16-3-12-6-19-12,10-17-4-13-7-20-13)11-18-5-14-8-21-14/h12-14H,2-11H2,1H3/t12-,13-,14+/m0/s1. The summed E-state index contributed by atoms with van der Waals surface area (Å²) in [5.41, 5.74) is -0.0985. The summed E-state index contributed by atoms with van der Waals surface area (Å²) in [4.78, 5) is 0. The number of epoxide rings is 3. The number of hydrogen-bond donors (Lipinski definition) is 0. The van der Waals surface area contributed by atoms with Crippen LogP contribution >= 0.6 is 0 Å². The summed E-state index contributed by atoms with van der Waals surface area (Å²) in [7, 11) is 0. The third-order valence-corrected chi connectivity index (χ3v) is 4.09. The maximum absolute atomic E-state index is 5.81. The van der Waals surface area contributed by atoms with E-state index in [0.717, 1.165) is 26.2 Å². The van der Waals surface area contributed by atoms with Gasteiger partial charge < -0.3 is 28.4 Å². The van der Waals surface area contributed by atoms with Crippen LogP contribution in [0.3, 0.4) is 0 Å². The maximum atomic E-state index is 5.81. The van der Waals surface area contributed by atoms with Gasteiger partial charge >= 0.3 is 0 Å². The van der Waals surface area contributed by atoms with Crippen molar-refractivity contribution in [3.63, 3.8) is 0 Å². The van der Waals surface area contributed by atoms with Crippen LogP contribution < -0.4 is 0 Å². The summed E-state index contributed by atoms with van der Waals surface area (Å²) in [5.74, 6) is 0. The van der Waals surface area contributed by atoms with E-state index < -0.39 is 0 Å². The molecule has 0 aromatic carbocycles. The average Bonchev–Trinajstić information content (AvgIpc) is 3.34. The minimum absolute atomic E-state index is 0.0985. The molecule has 0 amide bonds. The SMILES string of the molecule is CCC(COC[C@@H]1CO1)(COC[C@H]1CO1)COC[C@H]1CO1. The number of rotatable bonds is 13. The Morgan fingerprint density at radius 3 is 1.33 bits per heavy atom. The van der Waals surface area contributed by atoms with E-state index in [9.17, 15) is 0 Å². The van der Waals surface area contributed by atoms with Gasteiger partial charge in [-0.05, 0) is 6.42 Å². The normalized spacial score (nSPS) is 30.4. The second kappa shape index (κ2) is 7.35. The largest absolute Gasteiger partial charge is 0.378 e. The van der Waals surface area contributed by atoms with Crippen LogP contribution in [0.4, 0.5) is 0 Å². The van der Waals surface area contributed by atoms with Gasteiger partial charge in [-0.1, -0.05) is 6.92 Å². The Labute approximate surface area is 126 Å². The Kier molecular flexibility index (Phi) is 5.48. The zero-order valence-electron chi connectivity index (χ0n) is 12.8. The van der Waals surface area contributed by atoms with Crippen LogP contribution in [0.25, 0.3) is 0 Å². The van der Waals surface area contributed by atoms with Gasteiger partial charge in [-0.25, -0.2) is 0 Å². The molecule has 0 aliphatic carbocycles. The van der Waals surface area contributed by atoms with Crippen molar-refractivity contribution in [1.82, 2.24) is 0 Å². The van der Waals surface area contributed by atoms with E-state index in [1.807, 2.05) is 0 Å². The highest BCUT2D eigenvalue weighted by Crippen LogP contribution is 2.26. The Bertz CT molecular complexity index is 266. The molecule has 3 heterocycles. The number of ether oxygens (including phenoxy) is 6. The summed E-state index contributed by atoms with van der Waals surface area (Å²) < 4.78 is 33.0. The Morgan fingerprint density at radius 2 is 1.10 bits per heavy atom. The molecule has 3 aliphatic heterocycles. The molecule has 0 bridgehead atoms. The van der Waals surface area contributed by atoms with E-state index in [1.54, 1.807) is 0 Å². The molecule has 3 atom stereocenters. The second-order valence-corrected chi connectivity index (χ2v) is 6.26. The van der Waals surface area contributed by atoms with Crippen LogP contribution in [0.15, 0.2) is 0 Å². The molecule has 6 heteroatoms. The van der Waals surface area contributed by atoms with Crippen LogP contribution in [0.2, 0.25) is 0 Å². The average molecular weight is 302 g/mol. The quantitative estimate of drug-likeness (QED) is 0.465. The van der Waals surface area contributed by atoms with Gasteiger partial charge in [-0.2, -0.15) is 0 Å². The van der Waals surface area contributed by atoms with Crippen LogP contribution in [0, 0.1) is 5.41 Å². The van der Waals surface area contributed by atoms with Crippen LogP contribution in [0.1, 0.15) is 13.3 Å². The lowest BCUT2D eigenvalue weighted by Gasteiger charge is -2.32. The molecule has 21 heavy (non-hydrogen) atoms. The van der Waals surface area contributed by atoms with Gasteiger partial charge in [0.05, 0.1) is 59.5 Å². The molecule has 3 saturated heterocycles. The number of hydrogen-bond acceptors (Lipinski definition) is 6. The lowest BCUT2D eigenvalue weighted by atomic mass is 9.88. The molecule has 0 N–H and O–H groups in total. The van der Waals surface area contributed by atoms with Crippen molar-refractivity contribution in [1.29, 1.82) is 0 Å². The maximum Gasteiger partial charge on any atom is 0.104 e. The summed E-state index contributed by atoms with van der Waals surface area (Å²) in [6.45, 7) is 8.54. The molecule has 0 unspecified atom stereocenters. The lowest BCUT2D eigenvalue weighted by Crippen LogP contribution is -2.38. The zero-order valence-corrected chi connectivity index (χ0v) is 12.8. The van der Waals surface area contributed by atoms with Gasteiger partial charge in [0.15, 0.2) is 0 Å². The van der Waals surface area contributed by atoms with Crippen molar-refractivity contribution in [2.45, 2.75) is 31.7 Å². The van der Waals surface area contributed by atoms with Crippen molar-refractivity contribution < 1.29 is 28.4 Å². The second-order valence-electron chi connectivity index (χ2n) is 6.26. The zero-order chi connectivity index (χ0) is 14.5. The van der Waals surface area contributed by atoms with Crippen molar-refractivity contribution in [2.75, 3.05) is 59.5 Å². The van der Waals surface area contributed by atoms with Gasteiger partial charge in [0, 0.05) is 5.41 Å². The van der Waals surface area contributed by atoms with Crippen molar-refractivity contribution in [3.05, 3.63) is 0 Å². The van der Waals surface area contributed by atoms with Crippen molar-refractivity contribution >= 4 is 0 Å². The first-order valence-electron chi connectivity index (χ1n) is 7.88. The Hall–Kier alpha value is -0.240. The minimum atomic E-state index is -0.0985.